The Hall–Kier alpha value is -1.57. The largest absolute Gasteiger partial charge is 0.326 e. The lowest BCUT2D eigenvalue weighted by Gasteiger charge is -2.30. The second-order valence-electron chi connectivity index (χ2n) is 5.48. The van der Waals surface area contributed by atoms with Crippen molar-refractivity contribution in [3.05, 3.63) is 28.8 Å². The van der Waals surface area contributed by atoms with Gasteiger partial charge in [0.2, 0.25) is 5.91 Å². The highest BCUT2D eigenvalue weighted by Gasteiger charge is 2.24. The third-order valence-electron chi connectivity index (χ3n) is 3.94. The van der Waals surface area contributed by atoms with Gasteiger partial charge in [-0.25, -0.2) is 0 Å². The van der Waals surface area contributed by atoms with E-state index in [-0.39, 0.29) is 11.8 Å². The predicted molar refractivity (Wildman–Crippen MR) is 84.2 cm³/mol. The Morgan fingerprint density at radius 2 is 2.19 bits per heavy atom. The van der Waals surface area contributed by atoms with Crippen molar-refractivity contribution in [2.45, 2.75) is 26.2 Å². The van der Waals surface area contributed by atoms with Crippen molar-refractivity contribution in [2.75, 3.05) is 25.0 Å². The minimum Gasteiger partial charge on any atom is -0.326 e. The number of rotatable bonds is 4. The van der Waals surface area contributed by atoms with Gasteiger partial charge in [0.05, 0.1) is 6.07 Å². The van der Waals surface area contributed by atoms with E-state index in [1.165, 1.54) is 0 Å². The molecule has 0 aromatic heterocycles. The summed E-state index contributed by atoms with van der Waals surface area (Å²) in [5.74, 6) is 0.110. The Balaban J connectivity index is 1.84. The van der Waals surface area contributed by atoms with E-state index < -0.39 is 0 Å². The molecule has 1 N–H and O–H groups in total. The summed E-state index contributed by atoms with van der Waals surface area (Å²) in [6.07, 6.45) is 2.24. The average molecular weight is 306 g/mol. The summed E-state index contributed by atoms with van der Waals surface area (Å²) < 4.78 is 0. The Kier molecular flexibility index (Phi) is 5.60. The number of likely N-dealkylation sites (tertiary alicyclic amines) is 1. The van der Waals surface area contributed by atoms with Crippen LogP contribution in [0.5, 0.6) is 0 Å². The molecule has 1 aliphatic heterocycles. The Bertz CT molecular complexity index is 545. The van der Waals surface area contributed by atoms with Crippen LogP contribution < -0.4 is 5.32 Å². The second-order valence-corrected chi connectivity index (χ2v) is 5.88. The highest BCUT2D eigenvalue weighted by molar-refractivity contribution is 6.31. The minimum absolute atomic E-state index is 0.0448. The van der Waals surface area contributed by atoms with Crippen LogP contribution in [0.25, 0.3) is 0 Å². The van der Waals surface area contributed by atoms with Crippen molar-refractivity contribution in [2.24, 2.45) is 5.92 Å². The molecule has 0 aliphatic carbocycles. The van der Waals surface area contributed by atoms with Gasteiger partial charge in [0.15, 0.2) is 0 Å². The van der Waals surface area contributed by atoms with E-state index in [2.05, 4.69) is 16.3 Å². The van der Waals surface area contributed by atoms with Crippen LogP contribution in [-0.4, -0.2) is 30.4 Å². The summed E-state index contributed by atoms with van der Waals surface area (Å²) in [7, 11) is 0. The van der Waals surface area contributed by atoms with Crippen molar-refractivity contribution >= 4 is 23.2 Å². The lowest BCUT2D eigenvalue weighted by molar-refractivity contribution is -0.121. The molecule has 4 nitrogen and oxygen atoms in total. The number of nitrogens with one attached hydrogen (secondary N) is 1. The molecule has 2 rings (SSSR count). The molecule has 0 bridgehead atoms. The molecule has 0 saturated carbocycles. The highest BCUT2D eigenvalue weighted by Crippen LogP contribution is 2.23. The van der Waals surface area contributed by atoms with E-state index in [9.17, 15) is 4.79 Å². The summed E-state index contributed by atoms with van der Waals surface area (Å²) in [5, 5.41) is 12.2. The number of nitrogens with zero attached hydrogens (tertiary/aromatic N) is 2. The molecule has 21 heavy (non-hydrogen) atoms. The number of nitriles is 1. The van der Waals surface area contributed by atoms with Gasteiger partial charge in [0, 0.05) is 29.6 Å². The molecule has 1 amide bonds. The summed E-state index contributed by atoms with van der Waals surface area (Å²) >= 11 is 6.07. The topological polar surface area (TPSA) is 56.1 Å². The van der Waals surface area contributed by atoms with Gasteiger partial charge in [-0.15, -0.1) is 0 Å². The monoisotopic (exact) mass is 305 g/mol. The van der Waals surface area contributed by atoms with Crippen LogP contribution in [0.3, 0.4) is 0 Å². The maximum absolute atomic E-state index is 12.3. The number of benzene rings is 1. The van der Waals surface area contributed by atoms with Crippen molar-refractivity contribution in [1.82, 2.24) is 4.90 Å². The molecule has 1 heterocycles. The Morgan fingerprint density at radius 1 is 1.48 bits per heavy atom. The summed E-state index contributed by atoms with van der Waals surface area (Å²) in [4.78, 5) is 14.5. The molecule has 112 valence electrons. The second kappa shape index (κ2) is 7.44. The van der Waals surface area contributed by atoms with Crippen LogP contribution in [0, 0.1) is 24.2 Å². The van der Waals surface area contributed by atoms with Crippen molar-refractivity contribution < 1.29 is 4.79 Å². The lowest BCUT2D eigenvalue weighted by atomic mass is 9.95. The van der Waals surface area contributed by atoms with E-state index in [0.717, 1.165) is 43.7 Å². The molecular weight excluding hydrogens is 286 g/mol. The maximum atomic E-state index is 12.3. The average Bonchev–Trinajstić information content (AvgIpc) is 2.49. The van der Waals surface area contributed by atoms with Gasteiger partial charge >= 0.3 is 0 Å². The van der Waals surface area contributed by atoms with Gasteiger partial charge in [0.1, 0.15) is 0 Å². The summed E-state index contributed by atoms with van der Waals surface area (Å²) in [6, 6.07) is 7.73. The fourth-order valence-electron chi connectivity index (χ4n) is 2.54. The zero-order valence-corrected chi connectivity index (χ0v) is 13.0. The number of halogens is 1. The normalized spacial score (nSPS) is 16.4. The van der Waals surface area contributed by atoms with E-state index in [1.54, 1.807) is 6.07 Å². The molecule has 1 fully saturated rings. The Labute approximate surface area is 130 Å². The van der Waals surface area contributed by atoms with Crippen LogP contribution in [0.15, 0.2) is 18.2 Å². The van der Waals surface area contributed by atoms with Crippen molar-refractivity contribution in [1.29, 1.82) is 5.26 Å². The van der Waals surface area contributed by atoms with Gasteiger partial charge in [-0.2, -0.15) is 5.26 Å². The van der Waals surface area contributed by atoms with Crippen LogP contribution >= 0.6 is 11.6 Å². The number of carbonyl (C=O) groups excluding carboxylic acids is 1. The van der Waals surface area contributed by atoms with Crippen molar-refractivity contribution in [3.8, 4) is 6.07 Å². The quantitative estimate of drug-likeness (QED) is 0.929. The van der Waals surface area contributed by atoms with Crippen LogP contribution in [0.4, 0.5) is 5.69 Å². The molecular formula is C16H20ClN3O. The number of piperidine rings is 1. The third kappa shape index (κ3) is 4.45. The van der Waals surface area contributed by atoms with E-state index >= 15 is 0 Å². The Morgan fingerprint density at radius 3 is 2.81 bits per heavy atom. The smallest absolute Gasteiger partial charge is 0.227 e. The van der Waals surface area contributed by atoms with Gasteiger partial charge < -0.3 is 10.2 Å². The first kappa shape index (κ1) is 15.8. The number of hydrogen-bond donors (Lipinski definition) is 1. The molecule has 1 aromatic carbocycles. The molecule has 0 radical (unpaired) electrons. The zero-order chi connectivity index (χ0) is 15.2. The first-order valence-corrected chi connectivity index (χ1v) is 7.64. The summed E-state index contributed by atoms with van der Waals surface area (Å²) in [6.45, 7) is 4.51. The van der Waals surface area contributed by atoms with E-state index in [0.29, 0.717) is 11.4 Å². The zero-order valence-electron chi connectivity index (χ0n) is 12.2. The fraction of sp³-hybridized carbons (Fsp3) is 0.500. The van der Waals surface area contributed by atoms with E-state index in [1.807, 2.05) is 19.1 Å². The SMILES string of the molecule is Cc1ccc(NC(=O)C2CCN(CCC#N)CC2)cc1Cl. The van der Waals surface area contributed by atoms with Crippen molar-refractivity contribution in [3.63, 3.8) is 0 Å². The molecule has 0 spiro atoms. The van der Waals surface area contributed by atoms with Gasteiger partial charge in [-0.05, 0) is 50.6 Å². The first-order valence-electron chi connectivity index (χ1n) is 7.26. The molecule has 5 heteroatoms. The number of aryl methyl sites for hydroxylation is 1. The molecule has 0 atom stereocenters. The first-order chi connectivity index (χ1) is 10.1. The van der Waals surface area contributed by atoms with Crippen LogP contribution in [-0.2, 0) is 4.79 Å². The van der Waals surface area contributed by atoms with Gasteiger partial charge in [-0.1, -0.05) is 17.7 Å². The molecule has 1 saturated heterocycles. The standard InChI is InChI=1S/C16H20ClN3O/c1-12-3-4-14(11-15(12)17)19-16(21)13-5-9-20(10-6-13)8-2-7-18/h3-4,11,13H,2,5-6,8-10H2,1H3,(H,19,21). The molecule has 1 aliphatic rings. The van der Waals surface area contributed by atoms with Gasteiger partial charge in [-0.3, -0.25) is 4.79 Å². The molecule has 1 aromatic rings. The number of amides is 1. The number of hydrogen-bond acceptors (Lipinski definition) is 3. The number of carbonyl (C=O) groups is 1. The summed E-state index contributed by atoms with van der Waals surface area (Å²) in [5.41, 5.74) is 1.75. The minimum atomic E-state index is 0.0448. The third-order valence-corrected chi connectivity index (χ3v) is 4.34. The van der Waals surface area contributed by atoms with Crippen LogP contribution in [0.2, 0.25) is 5.02 Å². The van der Waals surface area contributed by atoms with Gasteiger partial charge in [0.25, 0.3) is 0 Å². The molecule has 0 unspecified atom stereocenters. The highest BCUT2D eigenvalue weighted by atomic mass is 35.5. The van der Waals surface area contributed by atoms with Crippen LogP contribution in [0.1, 0.15) is 24.8 Å². The van der Waals surface area contributed by atoms with E-state index in [4.69, 9.17) is 16.9 Å². The predicted octanol–water partition coefficient (Wildman–Crippen LogP) is 3.21. The fourth-order valence-corrected chi connectivity index (χ4v) is 2.72. The number of anilines is 1. The maximum Gasteiger partial charge on any atom is 0.227 e. The lowest BCUT2D eigenvalue weighted by Crippen LogP contribution is -2.38.